The zero-order valence-electron chi connectivity index (χ0n) is 5.95. The van der Waals surface area contributed by atoms with Crippen LogP contribution in [0, 0.1) is 0 Å². The van der Waals surface area contributed by atoms with Gasteiger partial charge in [-0.1, -0.05) is 18.2 Å². The van der Waals surface area contributed by atoms with Gasteiger partial charge in [-0.2, -0.15) is 8.42 Å². The Kier molecular flexibility index (Phi) is 4.27. The van der Waals surface area contributed by atoms with Crippen LogP contribution in [0.15, 0.2) is 30.3 Å². The van der Waals surface area contributed by atoms with E-state index in [4.69, 9.17) is 22.6 Å². The van der Waals surface area contributed by atoms with Crippen molar-refractivity contribution in [2.45, 2.75) is 0 Å². The van der Waals surface area contributed by atoms with Crippen LogP contribution in [0.5, 0.6) is 5.75 Å². The molecule has 0 unspecified atom stereocenters. The molecule has 0 aromatic heterocycles. The van der Waals surface area contributed by atoms with E-state index < -0.39 is 10.4 Å². The predicted octanol–water partition coefficient (Wildman–Crippen LogP) is 0.739. The highest BCUT2D eigenvalue weighted by Crippen LogP contribution is 2.02. The standard InChI is InChI=1S/C6H6O.H2O4S/c7-6-4-2-1-3-5-6;1-5(2,3)4/h1-5,7H;(H2,1,2,3,4). The normalized spacial score (nSPS) is 9.83. The minimum absolute atomic E-state index is 0.322. The summed E-state index contributed by atoms with van der Waals surface area (Å²) in [6.45, 7) is 0. The van der Waals surface area contributed by atoms with Gasteiger partial charge in [-0.3, -0.25) is 9.11 Å². The summed E-state index contributed by atoms with van der Waals surface area (Å²) in [4.78, 5) is 0. The van der Waals surface area contributed by atoms with E-state index in [0.717, 1.165) is 0 Å². The Balaban J connectivity index is 0.000000217. The first-order valence-corrected chi connectivity index (χ1v) is 4.23. The van der Waals surface area contributed by atoms with Gasteiger partial charge >= 0.3 is 10.4 Å². The molecule has 0 saturated heterocycles. The van der Waals surface area contributed by atoms with Gasteiger partial charge in [-0.15, -0.1) is 0 Å². The van der Waals surface area contributed by atoms with Crippen molar-refractivity contribution in [2.24, 2.45) is 0 Å². The number of phenolic OH excluding ortho intramolecular Hbond substituents is 1. The lowest BCUT2D eigenvalue weighted by atomic mass is 10.3. The van der Waals surface area contributed by atoms with Gasteiger partial charge in [0.25, 0.3) is 0 Å². The molecule has 0 spiro atoms. The first-order valence-electron chi connectivity index (χ1n) is 2.83. The first kappa shape index (κ1) is 10.9. The van der Waals surface area contributed by atoms with Gasteiger partial charge in [0.1, 0.15) is 5.75 Å². The minimum Gasteiger partial charge on any atom is -0.508 e. The third kappa shape index (κ3) is 11.7. The molecule has 68 valence electrons. The molecule has 0 amide bonds. The van der Waals surface area contributed by atoms with Gasteiger partial charge in [-0.05, 0) is 12.1 Å². The third-order valence-corrected chi connectivity index (χ3v) is 0.756. The molecule has 6 heteroatoms. The molecule has 0 aliphatic rings. The molecule has 0 radical (unpaired) electrons. The summed E-state index contributed by atoms with van der Waals surface area (Å²) < 4.78 is 31.6. The van der Waals surface area contributed by atoms with E-state index in [-0.39, 0.29) is 0 Å². The van der Waals surface area contributed by atoms with E-state index in [9.17, 15) is 0 Å². The van der Waals surface area contributed by atoms with Crippen molar-refractivity contribution >= 4 is 10.4 Å². The van der Waals surface area contributed by atoms with Gasteiger partial charge in [-0.25, -0.2) is 0 Å². The van der Waals surface area contributed by atoms with Gasteiger partial charge in [0.2, 0.25) is 0 Å². The van der Waals surface area contributed by atoms with Crippen LogP contribution in [-0.2, 0) is 10.4 Å². The topological polar surface area (TPSA) is 94.8 Å². The number of benzene rings is 1. The van der Waals surface area contributed by atoms with Crippen molar-refractivity contribution < 1.29 is 22.6 Å². The fourth-order valence-electron chi connectivity index (χ4n) is 0.428. The number of rotatable bonds is 0. The lowest BCUT2D eigenvalue weighted by Crippen LogP contribution is -1.89. The van der Waals surface area contributed by atoms with E-state index >= 15 is 0 Å². The van der Waals surface area contributed by atoms with Crippen molar-refractivity contribution in [1.82, 2.24) is 0 Å². The molecule has 0 fully saturated rings. The Morgan fingerprint density at radius 2 is 1.33 bits per heavy atom. The molecular formula is C6H8O5S. The summed E-state index contributed by atoms with van der Waals surface area (Å²) in [5.74, 6) is 0.322. The van der Waals surface area contributed by atoms with Crippen LogP contribution >= 0.6 is 0 Å². The Bertz CT molecular complexity index is 296. The smallest absolute Gasteiger partial charge is 0.394 e. The molecule has 0 saturated carbocycles. The average Bonchev–Trinajstić information content (AvgIpc) is 1.85. The van der Waals surface area contributed by atoms with Crippen molar-refractivity contribution in [1.29, 1.82) is 0 Å². The molecule has 0 aliphatic carbocycles. The highest BCUT2D eigenvalue weighted by atomic mass is 32.3. The summed E-state index contributed by atoms with van der Waals surface area (Å²) in [6, 6.07) is 8.71. The van der Waals surface area contributed by atoms with Gasteiger partial charge in [0.15, 0.2) is 0 Å². The summed E-state index contributed by atoms with van der Waals surface area (Å²) in [7, 11) is -4.67. The Morgan fingerprint density at radius 1 is 1.00 bits per heavy atom. The van der Waals surface area contributed by atoms with Crippen LogP contribution < -0.4 is 0 Å². The number of para-hydroxylation sites is 1. The fourth-order valence-corrected chi connectivity index (χ4v) is 0.428. The van der Waals surface area contributed by atoms with E-state index in [1.165, 1.54) is 0 Å². The SMILES string of the molecule is O=S(=O)(O)O.Oc1ccccc1. The molecule has 5 nitrogen and oxygen atoms in total. The lowest BCUT2D eigenvalue weighted by Gasteiger charge is -1.82. The van der Waals surface area contributed by atoms with Crippen molar-refractivity contribution in [3.05, 3.63) is 30.3 Å². The maximum atomic E-state index is 8.74. The fraction of sp³-hybridized carbons (Fsp3) is 0. The second kappa shape index (κ2) is 4.70. The minimum atomic E-state index is -4.67. The molecule has 1 rings (SSSR count). The quantitative estimate of drug-likeness (QED) is 0.527. The molecular weight excluding hydrogens is 184 g/mol. The van der Waals surface area contributed by atoms with Gasteiger partial charge < -0.3 is 5.11 Å². The summed E-state index contributed by atoms with van der Waals surface area (Å²) in [5.41, 5.74) is 0. The van der Waals surface area contributed by atoms with E-state index in [2.05, 4.69) is 0 Å². The first-order chi connectivity index (χ1) is 5.39. The predicted molar refractivity (Wildman–Crippen MR) is 42.3 cm³/mol. The maximum Gasteiger partial charge on any atom is 0.394 e. The Hall–Kier alpha value is -1.11. The Labute approximate surface area is 69.9 Å². The van der Waals surface area contributed by atoms with Crippen LogP contribution in [0.4, 0.5) is 0 Å². The second-order valence-corrected chi connectivity index (χ2v) is 2.68. The van der Waals surface area contributed by atoms with E-state index in [1.54, 1.807) is 24.3 Å². The molecule has 0 aliphatic heterocycles. The molecule has 3 N–H and O–H groups in total. The monoisotopic (exact) mass is 192 g/mol. The molecule has 0 bridgehead atoms. The van der Waals surface area contributed by atoms with Crippen LogP contribution in [0.1, 0.15) is 0 Å². The van der Waals surface area contributed by atoms with Crippen LogP contribution in [0.3, 0.4) is 0 Å². The Morgan fingerprint density at radius 3 is 1.50 bits per heavy atom. The summed E-state index contributed by atoms with van der Waals surface area (Å²) in [5, 5.41) is 8.63. The number of hydrogen-bond donors (Lipinski definition) is 3. The largest absolute Gasteiger partial charge is 0.508 e. The molecule has 1 aromatic carbocycles. The lowest BCUT2D eigenvalue weighted by molar-refractivity contribution is 0.381. The number of hydrogen-bond acceptors (Lipinski definition) is 3. The van der Waals surface area contributed by atoms with Crippen LogP contribution in [0.2, 0.25) is 0 Å². The highest BCUT2D eigenvalue weighted by Gasteiger charge is 1.84. The van der Waals surface area contributed by atoms with Crippen LogP contribution in [-0.4, -0.2) is 22.6 Å². The highest BCUT2D eigenvalue weighted by molar-refractivity contribution is 7.79. The van der Waals surface area contributed by atoms with Gasteiger partial charge in [0.05, 0.1) is 0 Å². The maximum absolute atomic E-state index is 8.74. The average molecular weight is 192 g/mol. The third-order valence-electron chi connectivity index (χ3n) is 0.756. The summed E-state index contributed by atoms with van der Waals surface area (Å²) in [6.07, 6.45) is 0. The number of phenols is 1. The van der Waals surface area contributed by atoms with Crippen LogP contribution in [0.25, 0.3) is 0 Å². The van der Waals surface area contributed by atoms with Gasteiger partial charge in [0, 0.05) is 0 Å². The van der Waals surface area contributed by atoms with Crippen molar-refractivity contribution in [3.63, 3.8) is 0 Å². The second-order valence-electron chi connectivity index (χ2n) is 1.78. The molecule has 1 aromatic rings. The summed E-state index contributed by atoms with van der Waals surface area (Å²) >= 11 is 0. The van der Waals surface area contributed by atoms with Crippen molar-refractivity contribution in [2.75, 3.05) is 0 Å². The zero-order chi connectivity index (χ0) is 9.61. The van der Waals surface area contributed by atoms with E-state index in [0.29, 0.717) is 5.75 Å². The molecule has 0 heterocycles. The molecule has 0 atom stereocenters. The van der Waals surface area contributed by atoms with E-state index in [1.807, 2.05) is 6.07 Å². The number of aromatic hydroxyl groups is 1. The zero-order valence-corrected chi connectivity index (χ0v) is 6.77. The molecule has 12 heavy (non-hydrogen) atoms. The van der Waals surface area contributed by atoms with Crippen molar-refractivity contribution in [3.8, 4) is 5.75 Å².